The number of carboxylic acid groups (broad SMARTS) is 1. The highest BCUT2D eigenvalue weighted by Crippen LogP contribution is 2.27. The number of rotatable bonds is 39. The zero-order chi connectivity index (χ0) is 75.8. The molecule has 0 bridgehead atoms. The van der Waals surface area contributed by atoms with Gasteiger partial charge in [0.15, 0.2) is 0 Å². The fourth-order valence-electron chi connectivity index (χ4n) is 11.3. The molecule has 11 amide bonds. The van der Waals surface area contributed by atoms with Gasteiger partial charge in [-0.1, -0.05) is 116 Å². The lowest BCUT2D eigenvalue weighted by atomic mass is 9.91. The van der Waals surface area contributed by atoms with Gasteiger partial charge in [-0.2, -0.15) is 0 Å². The standard InChI is InChI=1S/C70H125N11O16/c1-29-32-33-45(15)58(96-48(18)82)57(62(88)73-49(31-3)64(90)75(22)38-54(83)84)81(28)68(94)56(43(12)13)80(27)66(92)53(36-41(8)9)78(25)65(91)52(35-40(6)7)77(24)63(89)47(17)72-59(85)46(16)71-60(86)50(34-39(4)5)76(23)67(93)55(42(10)11)74-61(87)51(37-44(14)30-2)79(26)69(95)97-70(19,20)21/h29,32,39-47,49-53,55-58H,30-31,33-38H2,1-28H3,(H,71,86)(H,72,85)(H,73,88)(H,74,87)(H,83,84)/b32-29+/t44?,45-,46+,47-,49+,50+,51+,52+,53+,55+,56+,57+,58-/m1/s1. The van der Waals surface area contributed by atoms with Gasteiger partial charge in [0.2, 0.25) is 59.1 Å². The number of esters is 1. The minimum atomic E-state index is -1.59. The number of amides is 11. The second-order valence-corrected chi connectivity index (χ2v) is 29.3. The third kappa shape index (κ3) is 28.2. The van der Waals surface area contributed by atoms with Crippen molar-refractivity contribution in [2.45, 2.75) is 262 Å². The Hall–Kier alpha value is -7.35. The van der Waals surface area contributed by atoms with Gasteiger partial charge < -0.3 is 65.2 Å². The summed E-state index contributed by atoms with van der Waals surface area (Å²) >= 11 is 0. The molecule has 0 saturated heterocycles. The Balaban J connectivity index is 7.19. The predicted octanol–water partition coefficient (Wildman–Crippen LogP) is 5.71. The summed E-state index contributed by atoms with van der Waals surface area (Å²) in [6.07, 6.45) is 3.24. The summed E-state index contributed by atoms with van der Waals surface area (Å²) < 4.78 is 11.4. The maximum Gasteiger partial charge on any atom is 0.410 e. The van der Waals surface area contributed by atoms with Crippen LogP contribution in [0, 0.1) is 41.4 Å². The van der Waals surface area contributed by atoms with Crippen LogP contribution in [-0.4, -0.2) is 245 Å². The number of nitrogens with zero attached hydrogens (tertiary/aromatic N) is 7. The molecule has 97 heavy (non-hydrogen) atoms. The van der Waals surface area contributed by atoms with Crippen LogP contribution in [0.15, 0.2) is 12.2 Å². The molecular formula is C70H125N11O16. The summed E-state index contributed by atoms with van der Waals surface area (Å²) in [6.45, 7) is 35.5. The summed E-state index contributed by atoms with van der Waals surface area (Å²) in [7, 11) is 9.77. The number of carbonyl (C=O) groups is 13. The average molecular weight is 1380 g/mol. The van der Waals surface area contributed by atoms with Crippen molar-refractivity contribution in [2.24, 2.45) is 41.4 Å². The molecule has 1 unspecified atom stereocenters. The van der Waals surface area contributed by atoms with Crippen molar-refractivity contribution in [1.82, 2.24) is 55.6 Å². The number of likely N-dealkylation sites (N-methyl/N-ethyl adjacent to an activating group) is 7. The number of allylic oxidation sites excluding steroid dienone is 2. The Bertz CT molecular complexity index is 2690. The lowest BCUT2D eigenvalue weighted by molar-refractivity contribution is -0.164. The largest absolute Gasteiger partial charge is 0.480 e. The van der Waals surface area contributed by atoms with Gasteiger partial charge in [0.1, 0.15) is 78.7 Å². The first kappa shape index (κ1) is 89.6. The number of carboxylic acids is 1. The molecule has 0 aliphatic carbocycles. The van der Waals surface area contributed by atoms with E-state index in [1.54, 1.807) is 81.4 Å². The first-order valence-electron chi connectivity index (χ1n) is 34.3. The molecule has 5 N–H and O–H groups in total. The zero-order valence-corrected chi connectivity index (χ0v) is 63.9. The number of nitrogens with one attached hydrogen (secondary N) is 4. The number of hydrogen-bond acceptors (Lipinski definition) is 15. The Labute approximate surface area is 579 Å². The second-order valence-electron chi connectivity index (χ2n) is 29.3. The van der Waals surface area contributed by atoms with Crippen LogP contribution in [0.25, 0.3) is 0 Å². The van der Waals surface area contributed by atoms with E-state index >= 15 is 14.4 Å². The number of ether oxygens (including phenoxy) is 2. The van der Waals surface area contributed by atoms with E-state index in [0.29, 0.717) is 6.42 Å². The molecule has 0 radical (unpaired) electrons. The predicted molar refractivity (Wildman–Crippen MR) is 371 cm³/mol. The third-order valence-corrected chi connectivity index (χ3v) is 17.3. The topological polar surface area (TPSA) is 331 Å². The molecule has 0 rings (SSSR count). The summed E-state index contributed by atoms with van der Waals surface area (Å²) in [5.41, 5.74) is -0.836. The molecule has 0 fully saturated rings. The summed E-state index contributed by atoms with van der Waals surface area (Å²) in [6, 6.07) is -12.4. The maximum atomic E-state index is 15.2. The van der Waals surface area contributed by atoms with Crippen LogP contribution < -0.4 is 21.3 Å². The molecule has 556 valence electrons. The molecule has 0 aliphatic heterocycles. The van der Waals surface area contributed by atoms with E-state index < -0.39 is 174 Å². The Morgan fingerprint density at radius 2 is 0.918 bits per heavy atom. The highest BCUT2D eigenvalue weighted by Gasteiger charge is 2.47. The van der Waals surface area contributed by atoms with E-state index in [1.165, 1.54) is 87.7 Å². The molecule has 0 aromatic heterocycles. The fourth-order valence-corrected chi connectivity index (χ4v) is 11.3. The van der Waals surface area contributed by atoms with Gasteiger partial charge in [0, 0.05) is 56.3 Å². The summed E-state index contributed by atoms with van der Waals surface area (Å²) in [4.78, 5) is 191. The number of carbonyl (C=O) groups excluding carboxylic acids is 12. The second kappa shape index (κ2) is 41.1. The average Bonchev–Trinajstić information content (AvgIpc) is 0.805. The van der Waals surface area contributed by atoms with E-state index in [9.17, 15) is 53.1 Å². The molecule has 0 saturated carbocycles. The molecule has 27 nitrogen and oxygen atoms in total. The first-order chi connectivity index (χ1) is 44.6. The van der Waals surface area contributed by atoms with Gasteiger partial charge in [0.25, 0.3) is 0 Å². The molecule has 13 atom stereocenters. The van der Waals surface area contributed by atoms with E-state index in [2.05, 4.69) is 21.3 Å². The molecule has 0 spiro atoms. The van der Waals surface area contributed by atoms with Gasteiger partial charge in [-0.3, -0.25) is 62.4 Å². The Morgan fingerprint density at radius 1 is 0.474 bits per heavy atom. The van der Waals surface area contributed by atoms with Crippen LogP contribution in [-0.2, 0) is 67.0 Å². The Morgan fingerprint density at radius 3 is 1.35 bits per heavy atom. The number of aliphatic carboxylic acids is 1. The zero-order valence-electron chi connectivity index (χ0n) is 63.9. The van der Waals surface area contributed by atoms with Crippen molar-refractivity contribution >= 4 is 77.1 Å². The first-order valence-corrected chi connectivity index (χ1v) is 34.3. The Kier molecular flexibility index (Phi) is 38.0. The minimum absolute atomic E-state index is 0.0232. The van der Waals surface area contributed by atoms with Crippen LogP contribution in [0.5, 0.6) is 0 Å². The molecule has 0 heterocycles. The van der Waals surface area contributed by atoms with Crippen molar-refractivity contribution in [2.75, 3.05) is 55.9 Å². The van der Waals surface area contributed by atoms with E-state index in [1.807, 2.05) is 55.4 Å². The highest BCUT2D eigenvalue weighted by molar-refractivity contribution is 5.99. The van der Waals surface area contributed by atoms with Crippen molar-refractivity contribution in [1.29, 1.82) is 0 Å². The van der Waals surface area contributed by atoms with Gasteiger partial charge >= 0.3 is 18.0 Å². The normalized spacial score (nSPS) is 15.8. The van der Waals surface area contributed by atoms with Crippen LogP contribution in [0.4, 0.5) is 4.79 Å². The minimum Gasteiger partial charge on any atom is -0.480 e. The van der Waals surface area contributed by atoms with E-state index in [0.717, 1.165) is 23.1 Å². The van der Waals surface area contributed by atoms with E-state index in [4.69, 9.17) is 9.47 Å². The lowest BCUT2D eigenvalue weighted by Crippen LogP contribution is -2.64. The summed E-state index contributed by atoms with van der Waals surface area (Å²) in [5, 5.41) is 20.3. The molecule has 0 aromatic carbocycles. The molecule has 0 aliphatic rings. The van der Waals surface area contributed by atoms with E-state index in [-0.39, 0.29) is 55.8 Å². The molecule has 0 aromatic rings. The smallest absolute Gasteiger partial charge is 0.410 e. The van der Waals surface area contributed by atoms with Crippen molar-refractivity contribution in [3.05, 3.63) is 12.2 Å². The SMILES string of the molecule is C/C=C/C[C@@H](C)[C@@H](OC(C)=O)[C@@H](C(=O)N[C@@H](CC)C(=O)N(C)CC(=O)O)N(C)C(=O)[C@H](C(C)C)N(C)C(=O)[C@H](CC(C)C)N(C)C(=O)[C@H](CC(C)C)N(C)C(=O)[C@@H](C)NC(=O)[C@H](C)NC(=O)[C@H](CC(C)C)N(C)C(=O)[C@@H](NC(=O)[C@H](CC(C)CC)N(C)C(=O)OC(C)(C)C)C(C)C. The van der Waals surface area contributed by atoms with Gasteiger partial charge in [-0.05, 0) is 121 Å². The van der Waals surface area contributed by atoms with Crippen molar-refractivity contribution in [3.8, 4) is 0 Å². The maximum absolute atomic E-state index is 15.2. The number of hydrogen-bond donors (Lipinski definition) is 5. The van der Waals surface area contributed by atoms with Crippen LogP contribution >= 0.6 is 0 Å². The molecule has 27 heteroatoms. The van der Waals surface area contributed by atoms with Crippen molar-refractivity contribution < 1.29 is 76.9 Å². The monoisotopic (exact) mass is 1380 g/mol. The summed E-state index contributed by atoms with van der Waals surface area (Å²) in [5.74, 6) is -11.2. The van der Waals surface area contributed by atoms with Crippen LogP contribution in [0.1, 0.15) is 190 Å². The molecular weight excluding hydrogens is 1250 g/mol. The lowest BCUT2D eigenvalue weighted by Gasteiger charge is -2.42. The van der Waals surface area contributed by atoms with Gasteiger partial charge in [-0.15, -0.1) is 0 Å². The van der Waals surface area contributed by atoms with Crippen LogP contribution in [0.2, 0.25) is 0 Å². The fraction of sp³-hybridized carbons (Fsp3) is 0.786. The third-order valence-electron chi connectivity index (χ3n) is 17.3. The van der Waals surface area contributed by atoms with Crippen molar-refractivity contribution in [3.63, 3.8) is 0 Å². The quantitative estimate of drug-likeness (QED) is 0.0363. The van der Waals surface area contributed by atoms with Gasteiger partial charge in [-0.25, -0.2) is 4.79 Å². The highest BCUT2D eigenvalue weighted by atomic mass is 16.6. The van der Waals surface area contributed by atoms with Crippen LogP contribution in [0.3, 0.4) is 0 Å². The van der Waals surface area contributed by atoms with Gasteiger partial charge in [0.05, 0.1) is 0 Å².